The first-order valence-electron chi connectivity index (χ1n) is 7.06. The van der Waals surface area contributed by atoms with Crippen molar-refractivity contribution in [1.29, 1.82) is 0 Å². The van der Waals surface area contributed by atoms with E-state index < -0.39 is 0 Å². The number of hydrogen-bond donors (Lipinski definition) is 2. The molecule has 0 saturated carbocycles. The molecule has 5 nitrogen and oxygen atoms in total. The summed E-state index contributed by atoms with van der Waals surface area (Å²) in [5, 5.41) is 4.28. The van der Waals surface area contributed by atoms with Gasteiger partial charge in [0, 0.05) is 30.6 Å². The average Bonchev–Trinajstić information content (AvgIpc) is 2.92. The molecular weight excluding hydrogens is 286 g/mol. The fourth-order valence-corrected chi connectivity index (χ4v) is 3.21. The lowest BCUT2D eigenvalue weighted by atomic mass is 10.1. The van der Waals surface area contributed by atoms with Gasteiger partial charge in [-0.25, -0.2) is 4.98 Å². The van der Waals surface area contributed by atoms with E-state index in [2.05, 4.69) is 27.4 Å². The van der Waals surface area contributed by atoms with Crippen LogP contribution < -0.4 is 14.8 Å². The molecule has 1 atom stereocenters. The summed E-state index contributed by atoms with van der Waals surface area (Å²) in [6.07, 6.45) is 4.53. The molecule has 1 aromatic carbocycles. The molecule has 0 amide bonds. The van der Waals surface area contributed by atoms with Crippen LogP contribution in [0.3, 0.4) is 0 Å². The Morgan fingerprint density at radius 2 is 2.19 bits per heavy atom. The molecule has 0 bridgehead atoms. The van der Waals surface area contributed by atoms with Crippen molar-refractivity contribution in [2.24, 2.45) is 0 Å². The molecule has 6 heteroatoms. The minimum atomic E-state index is 0.234. The van der Waals surface area contributed by atoms with Gasteiger partial charge in [-0.05, 0) is 24.7 Å². The zero-order chi connectivity index (χ0) is 14.5. The van der Waals surface area contributed by atoms with Crippen LogP contribution in [-0.2, 0) is 0 Å². The minimum absolute atomic E-state index is 0.234. The third-order valence-corrected chi connectivity index (χ3v) is 4.38. The normalized spacial score (nSPS) is 15.5. The topological polar surface area (TPSA) is 59.2 Å². The third-order valence-electron chi connectivity index (χ3n) is 3.38. The highest BCUT2D eigenvalue weighted by molar-refractivity contribution is 7.99. The number of H-pyrrole nitrogens is 1. The number of nitrogens with zero attached hydrogens (tertiary/aromatic N) is 1. The largest absolute Gasteiger partial charge is 0.490 e. The Bertz CT molecular complexity index is 574. The predicted octanol–water partition coefficient (Wildman–Crippen LogP) is 2.62. The highest BCUT2D eigenvalue weighted by Crippen LogP contribution is 2.33. The van der Waals surface area contributed by atoms with Crippen LogP contribution in [0, 0.1) is 0 Å². The van der Waals surface area contributed by atoms with E-state index >= 15 is 0 Å². The molecule has 21 heavy (non-hydrogen) atoms. The number of nitrogens with one attached hydrogen (secondary N) is 2. The Morgan fingerprint density at radius 3 is 2.95 bits per heavy atom. The van der Waals surface area contributed by atoms with Gasteiger partial charge < -0.3 is 19.8 Å². The Morgan fingerprint density at radius 1 is 1.33 bits per heavy atom. The average molecular weight is 305 g/mol. The van der Waals surface area contributed by atoms with Gasteiger partial charge in [0.15, 0.2) is 16.7 Å². The quantitative estimate of drug-likeness (QED) is 0.832. The van der Waals surface area contributed by atoms with Crippen LogP contribution in [0.2, 0.25) is 0 Å². The van der Waals surface area contributed by atoms with E-state index in [-0.39, 0.29) is 6.04 Å². The number of thioether (sulfide) groups is 1. The molecule has 1 unspecified atom stereocenters. The number of hydrogen-bond acceptors (Lipinski definition) is 5. The number of aromatic nitrogens is 2. The molecule has 0 saturated heterocycles. The van der Waals surface area contributed by atoms with Crippen molar-refractivity contribution >= 4 is 11.8 Å². The fourth-order valence-electron chi connectivity index (χ4n) is 2.23. The molecule has 1 aliphatic rings. The van der Waals surface area contributed by atoms with Crippen molar-refractivity contribution in [1.82, 2.24) is 15.3 Å². The standard InChI is InChI=1S/C15H19N3O2S/c1-16-12(10-21-15-17-5-6-18-15)11-3-4-13-14(9-11)20-8-2-7-19-13/h3-6,9,12,16H,2,7-8,10H2,1H3,(H,17,18). The van der Waals surface area contributed by atoms with Crippen LogP contribution in [0.1, 0.15) is 18.0 Å². The van der Waals surface area contributed by atoms with Crippen LogP contribution in [0.4, 0.5) is 0 Å². The summed E-state index contributed by atoms with van der Waals surface area (Å²) in [6.45, 7) is 1.43. The molecule has 0 radical (unpaired) electrons. The molecule has 1 aromatic heterocycles. The van der Waals surface area contributed by atoms with Crippen molar-refractivity contribution in [2.75, 3.05) is 26.0 Å². The van der Waals surface area contributed by atoms with Crippen LogP contribution >= 0.6 is 11.8 Å². The maximum atomic E-state index is 5.76. The second-order valence-electron chi connectivity index (χ2n) is 4.80. The molecule has 112 valence electrons. The van der Waals surface area contributed by atoms with E-state index in [4.69, 9.17) is 9.47 Å². The second-order valence-corrected chi connectivity index (χ2v) is 5.81. The predicted molar refractivity (Wildman–Crippen MR) is 83.2 cm³/mol. The van der Waals surface area contributed by atoms with E-state index in [9.17, 15) is 0 Å². The van der Waals surface area contributed by atoms with Crippen molar-refractivity contribution in [3.63, 3.8) is 0 Å². The van der Waals surface area contributed by atoms with Crippen LogP contribution in [0.15, 0.2) is 35.7 Å². The maximum Gasteiger partial charge on any atom is 0.165 e. The Labute approximate surface area is 128 Å². The highest BCUT2D eigenvalue weighted by Gasteiger charge is 2.16. The molecule has 3 rings (SSSR count). The van der Waals surface area contributed by atoms with Crippen molar-refractivity contribution in [3.8, 4) is 11.5 Å². The molecule has 0 aliphatic carbocycles. The van der Waals surface area contributed by atoms with Gasteiger partial charge >= 0.3 is 0 Å². The first-order chi connectivity index (χ1) is 10.4. The summed E-state index contributed by atoms with van der Waals surface area (Å²) in [6, 6.07) is 6.40. The number of ether oxygens (including phenoxy) is 2. The minimum Gasteiger partial charge on any atom is -0.490 e. The zero-order valence-corrected chi connectivity index (χ0v) is 12.8. The molecule has 2 aromatic rings. The molecular formula is C15H19N3O2S. The van der Waals surface area contributed by atoms with Gasteiger partial charge in [0.2, 0.25) is 0 Å². The van der Waals surface area contributed by atoms with Gasteiger partial charge in [0.1, 0.15) is 0 Å². The first kappa shape index (κ1) is 14.3. The third kappa shape index (κ3) is 3.51. The molecule has 0 spiro atoms. The summed E-state index contributed by atoms with van der Waals surface area (Å²) < 4.78 is 11.4. The summed E-state index contributed by atoms with van der Waals surface area (Å²) in [4.78, 5) is 7.34. The van der Waals surface area contributed by atoms with E-state index in [1.807, 2.05) is 19.3 Å². The van der Waals surface area contributed by atoms with Crippen molar-refractivity contribution < 1.29 is 9.47 Å². The Hall–Kier alpha value is -1.66. The SMILES string of the molecule is CNC(CSc1ncc[nH]1)c1ccc2c(c1)OCCCO2. The number of benzene rings is 1. The van der Waals surface area contributed by atoms with Gasteiger partial charge in [0.25, 0.3) is 0 Å². The van der Waals surface area contributed by atoms with E-state index in [0.29, 0.717) is 6.61 Å². The van der Waals surface area contributed by atoms with Gasteiger partial charge in [-0.15, -0.1) is 0 Å². The number of aromatic amines is 1. The van der Waals surface area contributed by atoms with Crippen molar-refractivity contribution in [2.45, 2.75) is 17.6 Å². The van der Waals surface area contributed by atoms with E-state index in [0.717, 1.165) is 35.4 Å². The van der Waals surface area contributed by atoms with Gasteiger partial charge in [-0.1, -0.05) is 17.8 Å². The monoisotopic (exact) mass is 305 g/mol. The summed E-state index contributed by atoms with van der Waals surface area (Å²) in [7, 11) is 1.97. The second kappa shape index (κ2) is 6.87. The fraction of sp³-hybridized carbons (Fsp3) is 0.400. The van der Waals surface area contributed by atoms with Crippen LogP contribution in [0.5, 0.6) is 11.5 Å². The Kier molecular flexibility index (Phi) is 4.67. The lowest BCUT2D eigenvalue weighted by molar-refractivity contribution is 0.297. The maximum absolute atomic E-state index is 5.76. The van der Waals surface area contributed by atoms with Gasteiger partial charge in [-0.2, -0.15) is 0 Å². The molecule has 2 heterocycles. The number of fused-ring (bicyclic) bond motifs is 1. The van der Waals surface area contributed by atoms with Crippen LogP contribution in [-0.4, -0.2) is 36.0 Å². The smallest absolute Gasteiger partial charge is 0.165 e. The van der Waals surface area contributed by atoms with Crippen LogP contribution in [0.25, 0.3) is 0 Å². The lowest BCUT2D eigenvalue weighted by Crippen LogP contribution is -2.18. The number of rotatable bonds is 5. The van der Waals surface area contributed by atoms with Gasteiger partial charge in [-0.3, -0.25) is 0 Å². The number of imidazole rings is 1. The molecule has 1 aliphatic heterocycles. The van der Waals surface area contributed by atoms with E-state index in [1.165, 1.54) is 5.56 Å². The summed E-state index contributed by atoms with van der Waals surface area (Å²) in [5.74, 6) is 2.57. The van der Waals surface area contributed by atoms with Crippen molar-refractivity contribution in [3.05, 3.63) is 36.2 Å². The Balaban J connectivity index is 1.72. The summed E-state index contributed by atoms with van der Waals surface area (Å²) in [5.41, 5.74) is 1.20. The lowest BCUT2D eigenvalue weighted by Gasteiger charge is -2.17. The highest BCUT2D eigenvalue weighted by atomic mass is 32.2. The van der Waals surface area contributed by atoms with Gasteiger partial charge in [0.05, 0.1) is 13.2 Å². The first-order valence-corrected chi connectivity index (χ1v) is 8.04. The molecule has 2 N–H and O–H groups in total. The summed E-state index contributed by atoms with van der Waals surface area (Å²) >= 11 is 1.69. The van der Waals surface area contributed by atoms with E-state index in [1.54, 1.807) is 18.0 Å². The molecule has 0 fully saturated rings. The zero-order valence-electron chi connectivity index (χ0n) is 12.0.